The van der Waals surface area contributed by atoms with E-state index in [2.05, 4.69) is 4.74 Å². The quantitative estimate of drug-likeness (QED) is 0.787. The van der Waals surface area contributed by atoms with Crippen LogP contribution in [0.1, 0.15) is 11.1 Å². The van der Waals surface area contributed by atoms with E-state index in [4.69, 9.17) is 15.9 Å². The topological polar surface area (TPSA) is 67.2 Å². The molecule has 0 aliphatic carbocycles. The second kappa shape index (κ2) is 4.66. The van der Waals surface area contributed by atoms with Gasteiger partial charge in [0.15, 0.2) is 5.75 Å². The molecule has 1 aromatic carbocycles. The maximum Gasteiger partial charge on any atom is 0.573 e. The minimum atomic E-state index is -5.09. The van der Waals surface area contributed by atoms with Crippen LogP contribution in [-0.4, -0.2) is 14.8 Å². The van der Waals surface area contributed by atoms with Crippen LogP contribution in [0, 0.1) is 18.3 Å². The monoisotopic (exact) mass is 299 g/mol. The fourth-order valence-electron chi connectivity index (χ4n) is 1.23. The summed E-state index contributed by atoms with van der Waals surface area (Å²) in [6.45, 7) is 1.20. The zero-order valence-corrected chi connectivity index (χ0v) is 10.3. The Morgan fingerprint density at radius 3 is 2.33 bits per heavy atom. The molecule has 0 aromatic heterocycles. The molecule has 0 atom stereocenters. The van der Waals surface area contributed by atoms with Gasteiger partial charge in [-0.2, -0.15) is 5.26 Å². The first kappa shape index (κ1) is 14.6. The molecule has 0 saturated heterocycles. The molecule has 0 saturated carbocycles. The zero-order valence-electron chi connectivity index (χ0n) is 8.75. The summed E-state index contributed by atoms with van der Waals surface area (Å²) >= 11 is 0. The molecule has 9 heteroatoms. The largest absolute Gasteiger partial charge is 0.573 e. The number of halogens is 4. The van der Waals surface area contributed by atoms with Gasteiger partial charge in [-0.25, -0.2) is 8.42 Å². The molecule has 18 heavy (non-hydrogen) atoms. The molecule has 1 rings (SSSR count). The van der Waals surface area contributed by atoms with Crippen molar-refractivity contribution in [3.05, 3.63) is 23.3 Å². The molecule has 4 nitrogen and oxygen atoms in total. The lowest BCUT2D eigenvalue weighted by atomic mass is 10.1. The van der Waals surface area contributed by atoms with Crippen molar-refractivity contribution in [2.45, 2.75) is 18.2 Å². The molecule has 0 bridgehead atoms. The van der Waals surface area contributed by atoms with Crippen molar-refractivity contribution in [1.29, 1.82) is 5.26 Å². The fourth-order valence-corrected chi connectivity index (χ4v) is 2.49. The smallest absolute Gasteiger partial charge is 0.404 e. The molecule has 0 fully saturated rings. The van der Waals surface area contributed by atoms with E-state index in [1.54, 1.807) is 0 Å². The van der Waals surface area contributed by atoms with Gasteiger partial charge in [0.2, 0.25) is 0 Å². The normalized spacial score (nSPS) is 12.0. The maximum atomic E-state index is 12.2. The summed E-state index contributed by atoms with van der Waals surface area (Å²) in [6, 6.07) is 3.62. The molecule has 0 radical (unpaired) electrons. The van der Waals surface area contributed by atoms with Crippen LogP contribution >= 0.6 is 10.7 Å². The standard InChI is InChI=1S/C9H5ClF3NO3S/c1-5-2-3-6(4-14)8(18(10,15)16)7(5)17-9(11,12)13/h2-3H,1H3. The number of hydrogen-bond donors (Lipinski definition) is 0. The van der Waals surface area contributed by atoms with E-state index < -0.39 is 31.6 Å². The van der Waals surface area contributed by atoms with Crippen LogP contribution in [-0.2, 0) is 9.05 Å². The van der Waals surface area contributed by atoms with Crippen molar-refractivity contribution in [2.75, 3.05) is 0 Å². The number of alkyl halides is 3. The average molecular weight is 300 g/mol. The molecule has 1 aromatic rings. The average Bonchev–Trinajstić information content (AvgIpc) is 2.17. The molecular weight excluding hydrogens is 295 g/mol. The van der Waals surface area contributed by atoms with Gasteiger partial charge in [-0.3, -0.25) is 0 Å². The second-order valence-electron chi connectivity index (χ2n) is 3.19. The number of hydrogen-bond acceptors (Lipinski definition) is 4. The second-order valence-corrected chi connectivity index (χ2v) is 5.69. The molecule has 0 amide bonds. The predicted molar refractivity (Wildman–Crippen MR) is 55.6 cm³/mol. The first-order valence-electron chi connectivity index (χ1n) is 4.30. The minimum absolute atomic E-state index is 0.106. The van der Waals surface area contributed by atoms with Gasteiger partial charge >= 0.3 is 6.36 Å². The van der Waals surface area contributed by atoms with Crippen LogP contribution in [0.25, 0.3) is 0 Å². The van der Waals surface area contributed by atoms with E-state index in [9.17, 15) is 21.6 Å². The third kappa shape index (κ3) is 3.27. The Kier molecular flexibility index (Phi) is 3.78. The van der Waals surface area contributed by atoms with E-state index in [1.807, 2.05) is 0 Å². The highest BCUT2D eigenvalue weighted by molar-refractivity contribution is 8.13. The third-order valence-corrected chi connectivity index (χ3v) is 3.25. The summed E-state index contributed by atoms with van der Waals surface area (Å²) < 4.78 is 62.6. The van der Waals surface area contributed by atoms with E-state index in [0.717, 1.165) is 12.1 Å². The van der Waals surface area contributed by atoms with Crippen LogP contribution in [0.3, 0.4) is 0 Å². The maximum absolute atomic E-state index is 12.2. The highest BCUT2D eigenvalue weighted by Crippen LogP contribution is 2.36. The Hall–Kier alpha value is -1.46. The first-order chi connectivity index (χ1) is 8.06. The van der Waals surface area contributed by atoms with Crippen molar-refractivity contribution < 1.29 is 26.3 Å². The molecular formula is C9H5ClF3NO3S. The van der Waals surface area contributed by atoms with Gasteiger partial charge in [0.1, 0.15) is 11.0 Å². The summed E-state index contributed by atoms with van der Waals surface area (Å²) in [7, 11) is 0.476. The van der Waals surface area contributed by atoms with Gasteiger partial charge < -0.3 is 4.74 Å². The van der Waals surface area contributed by atoms with Crippen LogP contribution in [0.2, 0.25) is 0 Å². The van der Waals surface area contributed by atoms with E-state index >= 15 is 0 Å². The Bertz CT molecular complexity index is 619. The molecule has 0 aliphatic rings. The lowest BCUT2D eigenvalue weighted by molar-refractivity contribution is -0.275. The number of rotatable bonds is 2. The summed E-state index contributed by atoms with van der Waals surface area (Å²) in [5, 5.41) is 8.69. The van der Waals surface area contributed by atoms with Gasteiger partial charge in [-0.15, -0.1) is 13.2 Å². The lowest BCUT2D eigenvalue weighted by Crippen LogP contribution is -2.19. The molecule has 0 spiro atoms. The zero-order chi connectivity index (χ0) is 14.1. The number of ether oxygens (including phenoxy) is 1. The van der Waals surface area contributed by atoms with Crippen molar-refractivity contribution in [1.82, 2.24) is 0 Å². The van der Waals surface area contributed by atoms with Crippen molar-refractivity contribution in [3.8, 4) is 11.8 Å². The van der Waals surface area contributed by atoms with Crippen LogP contribution in [0.5, 0.6) is 5.75 Å². The van der Waals surface area contributed by atoms with Crippen molar-refractivity contribution in [3.63, 3.8) is 0 Å². The van der Waals surface area contributed by atoms with Gasteiger partial charge in [0.25, 0.3) is 9.05 Å². The summed E-state index contributed by atoms with van der Waals surface area (Å²) in [5.41, 5.74) is -0.625. The number of aryl methyl sites for hydroxylation is 1. The summed E-state index contributed by atoms with van der Waals surface area (Å²) in [4.78, 5) is -0.982. The van der Waals surface area contributed by atoms with E-state index in [1.165, 1.54) is 13.0 Å². The van der Waals surface area contributed by atoms with E-state index in [0.29, 0.717) is 0 Å². The fraction of sp³-hybridized carbons (Fsp3) is 0.222. The van der Waals surface area contributed by atoms with Crippen LogP contribution < -0.4 is 4.74 Å². The van der Waals surface area contributed by atoms with Gasteiger partial charge in [-0.1, -0.05) is 6.07 Å². The van der Waals surface area contributed by atoms with Crippen molar-refractivity contribution in [2.24, 2.45) is 0 Å². The summed E-state index contributed by atoms with van der Waals surface area (Å²) in [5.74, 6) is -0.989. The molecule has 98 valence electrons. The van der Waals surface area contributed by atoms with Crippen LogP contribution in [0.15, 0.2) is 17.0 Å². The minimum Gasteiger partial charge on any atom is -0.404 e. The molecule has 0 heterocycles. The molecule has 0 aliphatic heterocycles. The Morgan fingerprint density at radius 2 is 1.94 bits per heavy atom. The molecule has 0 unspecified atom stereocenters. The van der Waals surface area contributed by atoms with Crippen LogP contribution in [0.4, 0.5) is 13.2 Å². The summed E-state index contributed by atoms with van der Waals surface area (Å²) in [6.07, 6.45) is -5.09. The van der Waals surface area contributed by atoms with Crippen molar-refractivity contribution >= 4 is 19.7 Å². The Morgan fingerprint density at radius 1 is 1.39 bits per heavy atom. The van der Waals surface area contributed by atoms with Gasteiger partial charge in [0.05, 0.1) is 5.56 Å². The number of nitrogens with zero attached hydrogens (tertiary/aromatic N) is 1. The third-order valence-electron chi connectivity index (χ3n) is 1.89. The highest BCUT2D eigenvalue weighted by atomic mass is 35.7. The highest BCUT2D eigenvalue weighted by Gasteiger charge is 2.35. The Labute approximate surface area is 105 Å². The number of nitriles is 1. The van der Waals surface area contributed by atoms with Gasteiger partial charge in [-0.05, 0) is 18.6 Å². The predicted octanol–water partition coefficient (Wildman–Crippen LogP) is 2.69. The Balaban J connectivity index is 3.64. The van der Waals surface area contributed by atoms with Gasteiger partial charge in [0, 0.05) is 10.7 Å². The SMILES string of the molecule is Cc1ccc(C#N)c(S(=O)(=O)Cl)c1OC(F)(F)F. The first-order valence-corrected chi connectivity index (χ1v) is 6.61. The lowest BCUT2D eigenvalue weighted by Gasteiger charge is -2.14. The number of benzene rings is 1. The van der Waals surface area contributed by atoms with E-state index in [-0.39, 0.29) is 5.56 Å². The molecule has 0 N–H and O–H groups in total.